The van der Waals surface area contributed by atoms with Gasteiger partial charge in [0.05, 0.1) is 6.61 Å². The SMILES string of the molecule is O=C(O)CCCNC(=O)CCO. The van der Waals surface area contributed by atoms with Gasteiger partial charge in [-0.05, 0) is 6.42 Å². The summed E-state index contributed by atoms with van der Waals surface area (Å²) in [6, 6.07) is 0. The molecule has 1 amide bonds. The number of rotatable bonds is 6. The maximum atomic E-state index is 10.7. The molecule has 0 aromatic carbocycles. The first kappa shape index (κ1) is 10.9. The molecule has 3 N–H and O–H groups in total. The fourth-order valence-corrected chi connectivity index (χ4v) is 0.657. The fraction of sp³-hybridized carbons (Fsp3) is 0.714. The molecule has 0 aliphatic carbocycles. The first-order chi connectivity index (χ1) is 5.66. The van der Waals surface area contributed by atoms with Crippen molar-refractivity contribution in [2.45, 2.75) is 19.3 Å². The van der Waals surface area contributed by atoms with E-state index in [4.69, 9.17) is 10.2 Å². The normalized spacial score (nSPS) is 9.42. The number of carbonyl (C=O) groups is 2. The summed E-state index contributed by atoms with van der Waals surface area (Å²) in [5, 5.41) is 19.0. The van der Waals surface area contributed by atoms with Crippen LogP contribution < -0.4 is 5.32 Å². The Morgan fingerprint density at radius 3 is 2.42 bits per heavy atom. The van der Waals surface area contributed by atoms with Crippen molar-refractivity contribution in [2.24, 2.45) is 0 Å². The van der Waals surface area contributed by atoms with E-state index in [0.717, 1.165) is 0 Å². The van der Waals surface area contributed by atoms with E-state index in [2.05, 4.69) is 5.32 Å². The van der Waals surface area contributed by atoms with E-state index in [-0.39, 0.29) is 25.4 Å². The Balaban J connectivity index is 3.19. The van der Waals surface area contributed by atoms with Gasteiger partial charge in [0, 0.05) is 19.4 Å². The Hall–Kier alpha value is -1.10. The molecule has 0 rings (SSSR count). The monoisotopic (exact) mass is 175 g/mol. The number of carbonyl (C=O) groups excluding carboxylic acids is 1. The van der Waals surface area contributed by atoms with Crippen molar-refractivity contribution in [3.8, 4) is 0 Å². The summed E-state index contributed by atoms with van der Waals surface area (Å²) in [5.41, 5.74) is 0. The lowest BCUT2D eigenvalue weighted by Crippen LogP contribution is -2.25. The van der Waals surface area contributed by atoms with Gasteiger partial charge < -0.3 is 15.5 Å². The van der Waals surface area contributed by atoms with Crippen LogP contribution in [-0.2, 0) is 9.59 Å². The lowest BCUT2D eigenvalue weighted by molar-refractivity contribution is -0.137. The van der Waals surface area contributed by atoms with Crippen LogP contribution in [-0.4, -0.2) is 35.2 Å². The zero-order valence-corrected chi connectivity index (χ0v) is 6.75. The molecule has 70 valence electrons. The molecule has 0 spiro atoms. The minimum absolute atomic E-state index is 0.0550. The molecule has 0 aromatic rings. The second kappa shape index (κ2) is 6.60. The van der Waals surface area contributed by atoms with E-state index >= 15 is 0 Å². The van der Waals surface area contributed by atoms with Crippen LogP contribution in [0.25, 0.3) is 0 Å². The number of carboxylic acids is 1. The van der Waals surface area contributed by atoms with Gasteiger partial charge in [-0.1, -0.05) is 0 Å². The lowest BCUT2D eigenvalue weighted by atomic mass is 10.3. The summed E-state index contributed by atoms with van der Waals surface area (Å²) in [5.74, 6) is -1.12. The fourth-order valence-electron chi connectivity index (χ4n) is 0.657. The summed E-state index contributed by atoms with van der Waals surface area (Å²) in [6.07, 6.45) is 0.555. The van der Waals surface area contributed by atoms with Crippen molar-refractivity contribution < 1.29 is 19.8 Å². The minimum Gasteiger partial charge on any atom is -0.481 e. The third-order valence-electron chi connectivity index (χ3n) is 1.23. The van der Waals surface area contributed by atoms with Gasteiger partial charge in [0.1, 0.15) is 0 Å². The van der Waals surface area contributed by atoms with Crippen molar-refractivity contribution in [3.63, 3.8) is 0 Å². The summed E-state index contributed by atoms with van der Waals surface area (Å²) in [4.78, 5) is 20.7. The Morgan fingerprint density at radius 1 is 1.25 bits per heavy atom. The number of aliphatic hydroxyl groups is 1. The number of hydrogen-bond acceptors (Lipinski definition) is 3. The van der Waals surface area contributed by atoms with E-state index in [1.807, 2.05) is 0 Å². The minimum atomic E-state index is -0.869. The number of nitrogens with one attached hydrogen (secondary N) is 1. The average Bonchev–Trinajstić information content (AvgIpc) is 1.98. The van der Waals surface area contributed by atoms with Crippen molar-refractivity contribution in [1.29, 1.82) is 0 Å². The molecule has 0 aliphatic rings. The smallest absolute Gasteiger partial charge is 0.303 e. The molecule has 0 radical (unpaired) electrons. The highest BCUT2D eigenvalue weighted by Gasteiger charge is 1.99. The number of aliphatic hydroxyl groups excluding tert-OH is 1. The number of amides is 1. The van der Waals surface area contributed by atoms with Crippen LogP contribution >= 0.6 is 0 Å². The molecule has 0 aliphatic heterocycles. The maximum absolute atomic E-state index is 10.7. The van der Waals surface area contributed by atoms with Crippen molar-refractivity contribution in [3.05, 3.63) is 0 Å². The van der Waals surface area contributed by atoms with Gasteiger partial charge in [-0.3, -0.25) is 9.59 Å². The quantitative estimate of drug-likeness (QED) is 0.468. The highest BCUT2D eigenvalue weighted by Crippen LogP contribution is 1.86. The number of carboxylic acid groups (broad SMARTS) is 1. The van der Waals surface area contributed by atoms with Gasteiger partial charge in [0.25, 0.3) is 0 Å². The molecule has 0 bridgehead atoms. The first-order valence-electron chi connectivity index (χ1n) is 3.76. The van der Waals surface area contributed by atoms with Gasteiger partial charge >= 0.3 is 5.97 Å². The largest absolute Gasteiger partial charge is 0.481 e. The molecule has 0 fully saturated rings. The van der Waals surface area contributed by atoms with Gasteiger partial charge in [-0.2, -0.15) is 0 Å². The highest BCUT2D eigenvalue weighted by molar-refractivity contribution is 5.75. The zero-order chi connectivity index (χ0) is 9.40. The van der Waals surface area contributed by atoms with Crippen LogP contribution in [0.5, 0.6) is 0 Å². The third-order valence-corrected chi connectivity index (χ3v) is 1.23. The molecule has 12 heavy (non-hydrogen) atoms. The molecular weight excluding hydrogens is 162 g/mol. The van der Waals surface area contributed by atoms with Crippen LogP contribution in [0.2, 0.25) is 0 Å². The average molecular weight is 175 g/mol. The molecular formula is C7H13NO4. The molecule has 0 atom stereocenters. The summed E-state index contributed by atoms with van der Waals surface area (Å²) < 4.78 is 0. The van der Waals surface area contributed by atoms with E-state index in [1.165, 1.54) is 0 Å². The van der Waals surface area contributed by atoms with Crippen LogP contribution in [0.1, 0.15) is 19.3 Å². The van der Waals surface area contributed by atoms with E-state index in [0.29, 0.717) is 13.0 Å². The first-order valence-corrected chi connectivity index (χ1v) is 3.76. The van der Waals surface area contributed by atoms with E-state index in [1.54, 1.807) is 0 Å². The number of aliphatic carboxylic acids is 1. The molecule has 0 aromatic heterocycles. The standard InChI is InChI=1S/C7H13NO4/c9-5-3-6(10)8-4-1-2-7(11)12/h9H,1-5H2,(H,8,10)(H,11,12). The second-order valence-corrected chi connectivity index (χ2v) is 2.32. The molecule has 0 saturated carbocycles. The third kappa shape index (κ3) is 7.01. The van der Waals surface area contributed by atoms with Crippen LogP contribution in [0, 0.1) is 0 Å². The van der Waals surface area contributed by atoms with Crippen molar-refractivity contribution in [1.82, 2.24) is 5.32 Å². The second-order valence-electron chi connectivity index (χ2n) is 2.32. The van der Waals surface area contributed by atoms with Gasteiger partial charge in [-0.25, -0.2) is 0 Å². The Morgan fingerprint density at radius 2 is 1.92 bits per heavy atom. The predicted octanol–water partition coefficient (Wildman–Crippen LogP) is -0.650. The van der Waals surface area contributed by atoms with Crippen molar-refractivity contribution >= 4 is 11.9 Å². The molecule has 0 unspecified atom stereocenters. The Kier molecular flexibility index (Phi) is 6.00. The predicted molar refractivity (Wildman–Crippen MR) is 41.6 cm³/mol. The van der Waals surface area contributed by atoms with E-state index < -0.39 is 5.97 Å². The van der Waals surface area contributed by atoms with Gasteiger partial charge in [-0.15, -0.1) is 0 Å². The lowest BCUT2D eigenvalue weighted by Gasteiger charge is -2.01. The summed E-state index contributed by atoms with van der Waals surface area (Å²) in [6.45, 7) is 0.176. The van der Waals surface area contributed by atoms with Crippen LogP contribution in [0.3, 0.4) is 0 Å². The highest BCUT2D eigenvalue weighted by atomic mass is 16.4. The van der Waals surface area contributed by atoms with Crippen LogP contribution in [0.4, 0.5) is 0 Å². The summed E-state index contributed by atoms with van der Waals surface area (Å²) in [7, 11) is 0. The zero-order valence-electron chi connectivity index (χ0n) is 6.75. The topological polar surface area (TPSA) is 86.6 Å². The van der Waals surface area contributed by atoms with Gasteiger partial charge in [0.2, 0.25) is 5.91 Å². The molecule has 0 saturated heterocycles. The number of hydrogen-bond donors (Lipinski definition) is 3. The van der Waals surface area contributed by atoms with Crippen LogP contribution in [0.15, 0.2) is 0 Å². The Bertz CT molecular complexity index is 157. The van der Waals surface area contributed by atoms with Gasteiger partial charge in [0.15, 0.2) is 0 Å². The molecule has 5 nitrogen and oxygen atoms in total. The molecule has 5 heteroatoms. The molecule has 0 heterocycles. The summed E-state index contributed by atoms with van der Waals surface area (Å²) >= 11 is 0. The Labute approximate surface area is 70.4 Å². The van der Waals surface area contributed by atoms with E-state index in [9.17, 15) is 9.59 Å². The maximum Gasteiger partial charge on any atom is 0.303 e. The van der Waals surface area contributed by atoms with Crippen molar-refractivity contribution in [2.75, 3.05) is 13.2 Å².